The average Bonchev–Trinajstić information content (AvgIpc) is 2.72. The predicted molar refractivity (Wildman–Crippen MR) is 111 cm³/mol. The molecule has 1 amide bonds. The Labute approximate surface area is 185 Å². The van der Waals surface area contributed by atoms with Crippen molar-refractivity contribution in [3.8, 4) is 0 Å². The van der Waals surface area contributed by atoms with Gasteiger partial charge in [0.25, 0.3) is 11.6 Å². The Hall–Kier alpha value is -2.74. The lowest BCUT2D eigenvalue weighted by atomic mass is 10.3. The lowest BCUT2D eigenvalue weighted by Crippen LogP contribution is -2.32. The van der Waals surface area contributed by atoms with Crippen LogP contribution in [0.4, 0.5) is 15.8 Å². The van der Waals surface area contributed by atoms with Crippen LogP contribution in [0.15, 0.2) is 46.2 Å². The van der Waals surface area contributed by atoms with Crippen LogP contribution in [0, 0.1) is 15.9 Å². The molecule has 0 aliphatic rings. The van der Waals surface area contributed by atoms with E-state index in [-0.39, 0.29) is 15.6 Å². The zero-order chi connectivity index (χ0) is 23.2. The molecule has 31 heavy (non-hydrogen) atoms. The van der Waals surface area contributed by atoms with E-state index in [2.05, 4.69) is 10.1 Å². The van der Waals surface area contributed by atoms with E-state index >= 15 is 0 Å². The van der Waals surface area contributed by atoms with Crippen LogP contribution in [0.2, 0.25) is 5.02 Å². The van der Waals surface area contributed by atoms with Crippen LogP contribution in [0.25, 0.3) is 0 Å². The van der Waals surface area contributed by atoms with Gasteiger partial charge < -0.3 is 10.1 Å². The molecule has 0 saturated heterocycles. The molecule has 2 aromatic rings. The first kappa shape index (κ1) is 24.5. The first-order valence-electron chi connectivity index (χ1n) is 8.26. The fourth-order valence-electron chi connectivity index (χ4n) is 2.18. The molecule has 2 N–H and O–H groups in total. The van der Waals surface area contributed by atoms with Gasteiger partial charge in [0.2, 0.25) is 10.0 Å². The van der Waals surface area contributed by atoms with E-state index in [1.165, 1.54) is 12.1 Å². The Morgan fingerprint density at radius 3 is 2.58 bits per heavy atom. The number of ether oxygens (including phenoxy) is 1. The van der Waals surface area contributed by atoms with Crippen molar-refractivity contribution in [3.63, 3.8) is 0 Å². The molecule has 0 aliphatic carbocycles. The van der Waals surface area contributed by atoms with Crippen LogP contribution in [-0.4, -0.2) is 44.6 Å². The first-order chi connectivity index (χ1) is 14.5. The van der Waals surface area contributed by atoms with Crippen LogP contribution in [0.3, 0.4) is 0 Å². The Bertz CT molecular complexity index is 1130. The quantitative estimate of drug-likeness (QED) is 0.235. The number of amides is 1. The molecule has 0 radical (unpaired) electrons. The number of thioether (sulfide) groups is 1. The average molecular weight is 492 g/mol. The van der Waals surface area contributed by atoms with Gasteiger partial charge in [-0.25, -0.2) is 12.8 Å². The monoisotopic (exact) mass is 491 g/mol. The van der Waals surface area contributed by atoms with Crippen LogP contribution >= 0.6 is 23.4 Å². The summed E-state index contributed by atoms with van der Waals surface area (Å²) in [7, 11) is -4.25. The van der Waals surface area contributed by atoms with E-state index in [0.717, 1.165) is 36.0 Å². The van der Waals surface area contributed by atoms with Gasteiger partial charge in [-0.15, -0.1) is 11.8 Å². The summed E-state index contributed by atoms with van der Waals surface area (Å²) in [6.07, 6.45) is 1.60. The highest BCUT2D eigenvalue weighted by molar-refractivity contribution is 7.98. The minimum atomic E-state index is -4.25. The molecule has 0 unspecified atom stereocenters. The third kappa shape index (κ3) is 6.89. The molecule has 0 bridgehead atoms. The van der Waals surface area contributed by atoms with Gasteiger partial charge in [0.15, 0.2) is 6.61 Å². The molecule has 166 valence electrons. The Morgan fingerprint density at radius 2 is 1.97 bits per heavy atom. The molecule has 2 aromatic carbocycles. The number of sulfonamides is 1. The Morgan fingerprint density at radius 1 is 1.26 bits per heavy atom. The van der Waals surface area contributed by atoms with Gasteiger partial charge in [0, 0.05) is 11.8 Å². The molecule has 0 aromatic heterocycles. The van der Waals surface area contributed by atoms with Crippen molar-refractivity contribution >= 4 is 56.6 Å². The summed E-state index contributed by atoms with van der Waals surface area (Å²) in [5.41, 5.74) is -0.223. The second-order valence-electron chi connectivity index (χ2n) is 5.75. The van der Waals surface area contributed by atoms with Gasteiger partial charge in [-0.05, 0) is 36.6 Å². The molecule has 14 heteroatoms. The maximum Gasteiger partial charge on any atom is 0.321 e. The zero-order valence-corrected chi connectivity index (χ0v) is 18.1. The van der Waals surface area contributed by atoms with E-state index < -0.39 is 56.4 Å². The lowest BCUT2D eigenvalue weighted by Gasteiger charge is -2.09. The smallest absolute Gasteiger partial charge is 0.321 e. The number of nitrogens with one attached hydrogen (secondary N) is 2. The third-order valence-corrected chi connectivity index (χ3v) is 6.11. The number of benzene rings is 2. The van der Waals surface area contributed by atoms with Gasteiger partial charge in [0.05, 0.1) is 19.7 Å². The van der Waals surface area contributed by atoms with Gasteiger partial charge in [0.1, 0.15) is 12.4 Å². The highest BCUT2D eigenvalue weighted by Crippen LogP contribution is 2.29. The number of carbonyl (C=O) groups excluding carboxylic acids is 2. The largest absolute Gasteiger partial charge is 0.455 e. The molecule has 0 saturated carbocycles. The summed E-state index contributed by atoms with van der Waals surface area (Å²) in [4.78, 5) is 33.7. The molecular weight excluding hydrogens is 477 g/mol. The maximum absolute atomic E-state index is 13.1. The van der Waals surface area contributed by atoms with Gasteiger partial charge >= 0.3 is 5.97 Å². The van der Waals surface area contributed by atoms with Gasteiger partial charge in [-0.3, -0.25) is 19.7 Å². The predicted octanol–water partition coefficient (Wildman–Crippen LogP) is 2.57. The molecule has 0 aliphatic heterocycles. The summed E-state index contributed by atoms with van der Waals surface area (Å²) >= 11 is 6.67. The van der Waals surface area contributed by atoms with Crippen LogP contribution in [0.5, 0.6) is 0 Å². The van der Waals surface area contributed by atoms with E-state index in [4.69, 9.17) is 11.6 Å². The second-order valence-corrected chi connectivity index (χ2v) is 8.78. The fraction of sp³-hybridized carbons (Fsp3) is 0.176. The SMILES string of the molecule is CSc1ccc(S(=O)(=O)NCC(=O)OCC(=O)Nc2ccc(F)c(Cl)c2)cc1[N+](=O)[O-]. The van der Waals surface area contributed by atoms with Crippen molar-refractivity contribution in [2.45, 2.75) is 9.79 Å². The summed E-state index contributed by atoms with van der Waals surface area (Å²) in [6, 6.07) is 6.76. The molecule has 0 fully saturated rings. The lowest BCUT2D eigenvalue weighted by molar-refractivity contribution is -0.388. The number of nitro groups is 1. The van der Waals surface area contributed by atoms with E-state index in [1.807, 2.05) is 4.72 Å². The van der Waals surface area contributed by atoms with Crippen LogP contribution in [0.1, 0.15) is 0 Å². The van der Waals surface area contributed by atoms with E-state index in [9.17, 15) is 32.5 Å². The standard InChI is InChI=1S/C17H15ClFN3O7S2/c1-30-15-5-3-11(7-14(15)22(25)26)31(27,28)20-8-17(24)29-9-16(23)21-10-2-4-13(19)12(18)6-10/h2-7,20H,8-9H2,1H3,(H,21,23). The number of nitrogens with zero attached hydrogens (tertiary/aromatic N) is 1. The minimum Gasteiger partial charge on any atom is -0.455 e. The van der Waals surface area contributed by atoms with E-state index in [0.29, 0.717) is 0 Å². The van der Waals surface area contributed by atoms with E-state index in [1.54, 1.807) is 6.26 Å². The highest BCUT2D eigenvalue weighted by atomic mass is 35.5. The number of anilines is 1. The van der Waals surface area contributed by atoms with Crippen molar-refractivity contribution in [1.29, 1.82) is 0 Å². The third-order valence-electron chi connectivity index (χ3n) is 3.63. The Kier molecular flexibility index (Phi) is 8.33. The van der Waals surface area contributed by atoms with Crippen LogP contribution in [-0.2, 0) is 24.3 Å². The number of rotatable bonds is 9. The number of hydrogen-bond acceptors (Lipinski definition) is 8. The normalized spacial score (nSPS) is 11.1. The van der Waals surface area contributed by atoms with Crippen molar-refractivity contribution < 1.29 is 32.1 Å². The fourth-order valence-corrected chi connectivity index (χ4v) is 3.90. The maximum atomic E-state index is 13.1. The van der Waals surface area contributed by atoms with Crippen molar-refractivity contribution in [2.24, 2.45) is 0 Å². The highest BCUT2D eigenvalue weighted by Gasteiger charge is 2.22. The molecule has 2 rings (SSSR count). The summed E-state index contributed by atoms with van der Waals surface area (Å²) in [6.45, 7) is -1.54. The molecule has 0 atom stereocenters. The van der Waals surface area contributed by atoms with Crippen molar-refractivity contribution in [3.05, 3.63) is 57.4 Å². The summed E-state index contributed by atoms with van der Waals surface area (Å²) < 4.78 is 44.3. The molecule has 0 spiro atoms. The van der Waals surface area contributed by atoms with Crippen molar-refractivity contribution in [1.82, 2.24) is 4.72 Å². The van der Waals surface area contributed by atoms with Crippen molar-refractivity contribution in [2.75, 3.05) is 24.7 Å². The van der Waals surface area contributed by atoms with Crippen LogP contribution < -0.4 is 10.0 Å². The topological polar surface area (TPSA) is 145 Å². The number of carbonyl (C=O) groups is 2. The second kappa shape index (κ2) is 10.5. The Balaban J connectivity index is 1.91. The minimum absolute atomic E-state index is 0.170. The zero-order valence-electron chi connectivity index (χ0n) is 15.8. The summed E-state index contributed by atoms with van der Waals surface area (Å²) in [5.74, 6) is -2.50. The molecule has 10 nitrogen and oxygen atoms in total. The number of esters is 1. The number of hydrogen-bond donors (Lipinski definition) is 2. The molecule has 0 heterocycles. The first-order valence-corrected chi connectivity index (χ1v) is 11.3. The van der Waals surface area contributed by atoms with Gasteiger partial charge in [-0.1, -0.05) is 11.6 Å². The molecular formula is C17H15ClFN3O7S2. The number of nitro benzene ring substituents is 1. The number of halogens is 2. The van der Waals surface area contributed by atoms with Gasteiger partial charge in [-0.2, -0.15) is 4.72 Å². The summed E-state index contributed by atoms with van der Waals surface area (Å²) in [5, 5.41) is 13.2.